The molecule has 0 bridgehead atoms. The van der Waals surface area contributed by atoms with Gasteiger partial charge in [-0.1, -0.05) is 19.4 Å². The van der Waals surface area contributed by atoms with Gasteiger partial charge in [-0.05, 0) is 90.1 Å². The number of rotatable bonds is 8. The van der Waals surface area contributed by atoms with Crippen molar-refractivity contribution < 1.29 is 9.53 Å². The molecule has 1 aliphatic heterocycles. The first-order valence-corrected chi connectivity index (χ1v) is 12.5. The molecule has 2 heterocycles. The first-order chi connectivity index (χ1) is 16.1. The van der Waals surface area contributed by atoms with Crippen molar-refractivity contribution in [2.45, 2.75) is 91.8 Å². The molecule has 2 N–H and O–H groups in total. The van der Waals surface area contributed by atoms with Gasteiger partial charge in [-0.3, -0.25) is 4.90 Å². The maximum Gasteiger partial charge on any atom is 0.407 e. The van der Waals surface area contributed by atoms with E-state index in [1.54, 1.807) is 0 Å². The Balaban J connectivity index is 1.63. The van der Waals surface area contributed by atoms with Crippen LogP contribution in [0.5, 0.6) is 0 Å². The van der Waals surface area contributed by atoms with Crippen molar-refractivity contribution >= 4 is 17.7 Å². The molecule has 7 heteroatoms. The van der Waals surface area contributed by atoms with Gasteiger partial charge in [-0.25, -0.2) is 14.8 Å². The SMILES string of the molecule is CCCC(CCNC(=O)OC(C)(C)C)N1CCCc2nc(Nc3cc(C)cc(C)c3)ncc2C1. The van der Waals surface area contributed by atoms with E-state index in [9.17, 15) is 4.79 Å². The summed E-state index contributed by atoms with van der Waals surface area (Å²) < 4.78 is 5.37. The Morgan fingerprint density at radius 2 is 1.91 bits per heavy atom. The number of fused-ring (bicyclic) bond motifs is 1. The van der Waals surface area contributed by atoms with Crippen LogP contribution in [-0.2, 0) is 17.7 Å². The van der Waals surface area contributed by atoms with Crippen molar-refractivity contribution in [2.24, 2.45) is 0 Å². The molecule has 0 radical (unpaired) electrons. The van der Waals surface area contributed by atoms with E-state index in [4.69, 9.17) is 9.72 Å². The number of carbonyl (C=O) groups excluding carboxylic acids is 1. The zero-order chi connectivity index (χ0) is 24.7. The number of hydrogen-bond donors (Lipinski definition) is 2. The molecule has 7 nitrogen and oxygen atoms in total. The summed E-state index contributed by atoms with van der Waals surface area (Å²) in [6, 6.07) is 6.79. The number of alkyl carbamates (subject to hydrolysis) is 1. The molecule has 1 aliphatic rings. The fraction of sp³-hybridized carbons (Fsp3) is 0.593. The second-order valence-corrected chi connectivity index (χ2v) is 10.4. The van der Waals surface area contributed by atoms with E-state index in [-0.39, 0.29) is 6.09 Å². The number of ether oxygens (including phenoxy) is 1. The molecule has 1 unspecified atom stereocenters. The highest BCUT2D eigenvalue weighted by Gasteiger charge is 2.23. The van der Waals surface area contributed by atoms with Gasteiger partial charge in [0.05, 0.1) is 5.69 Å². The summed E-state index contributed by atoms with van der Waals surface area (Å²) in [6.45, 7) is 14.5. The summed E-state index contributed by atoms with van der Waals surface area (Å²) in [5.41, 5.74) is 5.31. The minimum Gasteiger partial charge on any atom is -0.444 e. The van der Waals surface area contributed by atoms with Crippen molar-refractivity contribution in [1.29, 1.82) is 0 Å². The van der Waals surface area contributed by atoms with Crippen LogP contribution in [0.1, 0.15) is 75.8 Å². The number of amides is 1. The predicted octanol–water partition coefficient (Wildman–Crippen LogP) is 5.67. The Hall–Kier alpha value is -2.67. The summed E-state index contributed by atoms with van der Waals surface area (Å²) in [6.07, 6.45) is 6.75. The lowest BCUT2D eigenvalue weighted by Crippen LogP contribution is -2.39. The van der Waals surface area contributed by atoms with Crippen LogP contribution in [-0.4, -0.2) is 45.7 Å². The molecule has 0 aliphatic carbocycles. The Bertz CT molecular complexity index is 950. The van der Waals surface area contributed by atoms with E-state index in [0.717, 1.165) is 56.6 Å². The molecule has 34 heavy (non-hydrogen) atoms. The van der Waals surface area contributed by atoms with Crippen LogP contribution in [0.25, 0.3) is 0 Å². The zero-order valence-electron chi connectivity index (χ0n) is 21.7. The van der Waals surface area contributed by atoms with Crippen LogP contribution in [0.3, 0.4) is 0 Å². The fourth-order valence-electron chi connectivity index (χ4n) is 4.58. The van der Waals surface area contributed by atoms with Crippen LogP contribution in [0.4, 0.5) is 16.4 Å². The van der Waals surface area contributed by atoms with E-state index in [1.807, 2.05) is 27.0 Å². The molecular weight excluding hydrogens is 426 g/mol. The molecule has 0 spiro atoms. The van der Waals surface area contributed by atoms with Crippen molar-refractivity contribution in [3.8, 4) is 0 Å². The van der Waals surface area contributed by atoms with E-state index < -0.39 is 5.60 Å². The monoisotopic (exact) mass is 467 g/mol. The van der Waals surface area contributed by atoms with E-state index in [1.165, 1.54) is 16.7 Å². The maximum absolute atomic E-state index is 12.0. The van der Waals surface area contributed by atoms with Crippen LogP contribution < -0.4 is 10.6 Å². The Morgan fingerprint density at radius 3 is 2.59 bits per heavy atom. The third-order valence-corrected chi connectivity index (χ3v) is 5.95. The zero-order valence-corrected chi connectivity index (χ0v) is 21.7. The largest absolute Gasteiger partial charge is 0.444 e. The Morgan fingerprint density at radius 1 is 1.18 bits per heavy atom. The van der Waals surface area contributed by atoms with Gasteiger partial charge in [-0.2, -0.15) is 0 Å². The summed E-state index contributed by atoms with van der Waals surface area (Å²) in [5, 5.41) is 6.30. The highest BCUT2D eigenvalue weighted by molar-refractivity contribution is 5.67. The van der Waals surface area contributed by atoms with E-state index in [0.29, 0.717) is 18.5 Å². The van der Waals surface area contributed by atoms with E-state index in [2.05, 4.69) is 59.5 Å². The summed E-state index contributed by atoms with van der Waals surface area (Å²) in [7, 11) is 0. The average Bonchev–Trinajstić information content (AvgIpc) is 2.93. The highest BCUT2D eigenvalue weighted by Crippen LogP contribution is 2.24. The van der Waals surface area contributed by atoms with Gasteiger partial charge < -0.3 is 15.4 Å². The van der Waals surface area contributed by atoms with Gasteiger partial charge >= 0.3 is 6.09 Å². The molecule has 1 aromatic carbocycles. The van der Waals surface area contributed by atoms with Crippen molar-refractivity contribution in [1.82, 2.24) is 20.2 Å². The molecule has 0 fully saturated rings. The Kier molecular flexibility index (Phi) is 8.89. The van der Waals surface area contributed by atoms with Crippen molar-refractivity contribution in [2.75, 3.05) is 18.4 Å². The molecule has 186 valence electrons. The number of hydrogen-bond acceptors (Lipinski definition) is 6. The minimum absolute atomic E-state index is 0.346. The smallest absolute Gasteiger partial charge is 0.407 e. The summed E-state index contributed by atoms with van der Waals surface area (Å²) >= 11 is 0. The lowest BCUT2D eigenvalue weighted by Gasteiger charge is -2.31. The molecule has 2 aromatic rings. The third-order valence-electron chi connectivity index (χ3n) is 5.95. The number of nitrogens with zero attached hydrogens (tertiary/aromatic N) is 3. The number of aryl methyl sites for hydroxylation is 3. The number of carbonyl (C=O) groups is 1. The van der Waals surface area contributed by atoms with Crippen molar-refractivity contribution in [3.05, 3.63) is 46.8 Å². The van der Waals surface area contributed by atoms with Gasteiger partial charge in [0.25, 0.3) is 0 Å². The second-order valence-electron chi connectivity index (χ2n) is 10.4. The maximum atomic E-state index is 12.0. The topological polar surface area (TPSA) is 79.4 Å². The quantitative estimate of drug-likeness (QED) is 0.521. The van der Waals surface area contributed by atoms with Gasteiger partial charge in [-0.15, -0.1) is 0 Å². The van der Waals surface area contributed by atoms with Crippen LogP contribution in [0.2, 0.25) is 0 Å². The first-order valence-electron chi connectivity index (χ1n) is 12.5. The normalized spacial score (nSPS) is 15.2. The molecule has 0 saturated carbocycles. The molecular formula is C27H41N5O2. The number of aromatic nitrogens is 2. The van der Waals surface area contributed by atoms with Gasteiger partial charge in [0.2, 0.25) is 5.95 Å². The van der Waals surface area contributed by atoms with Gasteiger partial charge in [0.15, 0.2) is 0 Å². The minimum atomic E-state index is -0.479. The number of anilines is 2. The summed E-state index contributed by atoms with van der Waals surface area (Å²) in [5.74, 6) is 0.656. The lowest BCUT2D eigenvalue weighted by molar-refractivity contribution is 0.0520. The van der Waals surface area contributed by atoms with Gasteiger partial charge in [0.1, 0.15) is 5.60 Å². The van der Waals surface area contributed by atoms with Crippen LogP contribution >= 0.6 is 0 Å². The average molecular weight is 468 g/mol. The van der Waals surface area contributed by atoms with Crippen molar-refractivity contribution in [3.63, 3.8) is 0 Å². The fourth-order valence-corrected chi connectivity index (χ4v) is 4.58. The molecule has 1 aromatic heterocycles. The van der Waals surface area contributed by atoms with Crippen LogP contribution in [0, 0.1) is 13.8 Å². The molecule has 0 saturated heterocycles. The van der Waals surface area contributed by atoms with E-state index >= 15 is 0 Å². The lowest BCUT2D eigenvalue weighted by atomic mass is 10.1. The molecule has 1 amide bonds. The first kappa shape index (κ1) is 25.9. The van der Waals surface area contributed by atoms with Crippen LogP contribution in [0.15, 0.2) is 24.4 Å². The highest BCUT2D eigenvalue weighted by atomic mass is 16.6. The summed E-state index contributed by atoms with van der Waals surface area (Å²) in [4.78, 5) is 24.0. The second kappa shape index (κ2) is 11.6. The number of benzene rings is 1. The third kappa shape index (κ3) is 7.97. The predicted molar refractivity (Wildman–Crippen MR) is 138 cm³/mol. The number of nitrogens with one attached hydrogen (secondary N) is 2. The Labute approximate surface area is 204 Å². The molecule has 3 rings (SSSR count). The standard InChI is InChI=1S/C27H41N5O2/c1-7-9-23(11-12-28-26(33)34-27(4,5)6)32-13-8-10-24-21(18-32)17-29-25(31-24)30-22-15-19(2)14-20(3)16-22/h14-17,23H,7-13,18H2,1-6H3,(H,28,33)(H,29,30,31). The molecule has 1 atom stereocenters. The van der Waals surface area contributed by atoms with Gasteiger partial charge in [0, 0.05) is 36.6 Å².